The van der Waals surface area contributed by atoms with Crippen LogP contribution >= 0.6 is 22.9 Å². The molecule has 0 unspecified atom stereocenters. The topological polar surface area (TPSA) is 77.0 Å². The van der Waals surface area contributed by atoms with Crippen LogP contribution in [0.25, 0.3) is 10.1 Å². The molecule has 0 saturated heterocycles. The minimum atomic E-state index is -0.442. The lowest BCUT2D eigenvalue weighted by molar-refractivity contribution is -0.132. The van der Waals surface area contributed by atoms with Crippen molar-refractivity contribution in [3.63, 3.8) is 0 Å². The minimum absolute atomic E-state index is 0.309. The van der Waals surface area contributed by atoms with Crippen molar-refractivity contribution in [3.8, 4) is 11.5 Å². The van der Waals surface area contributed by atoms with Crippen LogP contribution in [0.5, 0.6) is 11.5 Å². The zero-order valence-corrected chi connectivity index (χ0v) is 16.1. The minimum Gasteiger partial charge on any atom is -0.493 e. The van der Waals surface area contributed by atoms with E-state index in [1.54, 1.807) is 18.2 Å². The molecule has 0 spiro atoms. The molecule has 0 atom stereocenters. The summed E-state index contributed by atoms with van der Waals surface area (Å²) in [7, 11) is 1.47. The van der Waals surface area contributed by atoms with Crippen LogP contribution in [0.15, 0.2) is 47.6 Å². The number of methoxy groups -OCH3 is 1. The summed E-state index contributed by atoms with van der Waals surface area (Å²) in [6.45, 7) is 1.31. The largest absolute Gasteiger partial charge is 0.493 e. The molecule has 1 amide bonds. The first kappa shape index (κ1) is 18.9. The van der Waals surface area contributed by atoms with Crippen molar-refractivity contribution in [1.82, 2.24) is 5.43 Å². The Hall–Kier alpha value is -2.90. The van der Waals surface area contributed by atoms with Gasteiger partial charge in [-0.1, -0.05) is 29.8 Å². The number of benzene rings is 2. The molecule has 0 aliphatic carbocycles. The molecule has 1 aromatic heterocycles. The maximum absolute atomic E-state index is 12.3. The van der Waals surface area contributed by atoms with E-state index in [4.69, 9.17) is 21.1 Å². The van der Waals surface area contributed by atoms with Crippen molar-refractivity contribution in [3.05, 3.63) is 57.9 Å². The van der Waals surface area contributed by atoms with E-state index in [1.165, 1.54) is 31.6 Å². The third-order valence-corrected chi connectivity index (χ3v) is 5.24. The van der Waals surface area contributed by atoms with E-state index in [-0.39, 0.29) is 5.91 Å². The number of rotatable bonds is 5. The molecule has 0 radical (unpaired) electrons. The van der Waals surface area contributed by atoms with Gasteiger partial charge in [0.2, 0.25) is 0 Å². The van der Waals surface area contributed by atoms with Crippen molar-refractivity contribution >= 4 is 51.1 Å². The number of hydrogen-bond acceptors (Lipinski definition) is 6. The molecule has 3 aromatic rings. The van der Waals surface area contributed by atoms with Gasteiger partial charge in [0.1, 0.15) is 4.88 Å². The van der Waals surface area contributed by atoms with Gasteiger partial charge >= 0.3 is 5.97 Å². The Labute approximate surface area is 164 Å². The zero-order chi connectivity index (χ0) is 19.4. The lowest BCUT2D eigenvalue weighted by Crippen LogP contribution is -2.16. The number of halogens is 1. The van der Waals surface area contributed by atoms with E-state index in [0.29, 0.717) is 27.0 Å². The molecule has 2 aromatic carbocycles. The highest BCUT2D eigenvalue weighted by Gasteiger charge is 2.16. The number of amides is 1. The number of ether oxygens (including phenoxy) is 2. The fourth-order valence-corrected chi connectivity index (χ4v) is 3.79. The van der Waals surface area contributed by atoms with Gasteiger partial charge in [0.15, 0.2) is 11.5 Å². The van der Waals surface area contributed by atoms with Gasteiger partial charge in [-0.3, -0.25) is 9.59 Å². The fraction of sp³-hybridized carbons (Fsp3) is 0.105. The van der Waals surface area contributed by atoms with Gasteiger partial charge in [-0.15, -0.1) is 11.3 Å². The number of hydrazone groups is 1. The molecule has 138 valence electrons. The van der Waals surface area contributed by atoms with E-state index in [0.717, 1.165) is 10.1 Å². The Morgan fingerprint density at radius 3 is 2.67 bits per heavy atom. The quantitative estimate of drug-likeness (QED) is 0.299. The molecule has 0 fully saturated rings. The highest BCUT2D eigenvalue weighted by molar-refractivity contribution is 7.21. The van der Waals surface area contributed by atoms with E-state index in [2.05, 4.69) is 10.5 Å². The zero-order valence-electron chi connectivity index (χ0n) is 14.5. The standard InChI is InChI=1S/C19H15ClN2O4S/c1-11(23)26-14-8-7-12(9-15(14)25-2)10-21-22-19(24)18-17(20)13-5-3-4-6-16(13)27-18/h3-10H,1-2H3,(H,22,24)/b21-10+. The maximum atomic E-state index is 12.3. The van der Waals surface area contributed by atoms with Crippen LogP contribution in [0.3, 0.4) is 0 Å². The summed E-state index contributed by atoms with van der Waals surface area (Å²) < 4.78 is 11.2. The van der Waals surface area contributed by atoms with E-state index in [1.807, 2.05) is 24.3 Å². The molecule has 0 aliphatic heterocycles. The van der Waals surface area contributed by atoms with E-state index in [9.17, 15) is 9.59 Å². The summed E-state index contributed by atoms with van der Waals surface area (Å²) in [6.07, 6.45) is 1.46. The third-order valence-electron chi connectivity index (χ3n) is 3.56. The van der Waals surface area contributed by atoms with Crippen molar-refractivity contribution in [2.24, 2.45) is 5.10 Å². The number of carbonyl (C=O) groups is 2. The summed E-state index contributed by atoms with van der Waals surface area (Å²) in [5, 5.41) is 5.21. The maximum Gasteiger partial charge on any atom is 0.308 e. The van der Waals surface area contributed by atoms with Crippen LogP contribution in [-0.4, -0.2) is 25.2 Å². The first-order valence-corrected chi connectivity index (χ1v) is 9.06. The Morgan fingerprint density at radius 1 is 1.19 bits per heavy atom. The number of esters is 1. The van der Waals surface area contributed by atoms with Gasteiger partial charge in [-0.05, 0) is 29.8 Å². The highest BCUT2D eigenvalue weighted by Crippen LogP contribution is 2.35. The molecule has 27 heavy (non-hydrogen) atoms. The van der Waals surface area contributed by atoms with Gasteiger partial charge in [0.05, 0.1) is 18.3 Å². The van der Waals surface area contributed by atoms with E-state index < -0.39 is 5.97 Å². The Morgan fingerprint density at radius 2 is 1.96 bits per heavy atom. The molecular weight excluding hydrogens is 388 g/mol. The number of nitrogens with one attached hydrogen (secondary N) is 1. The van der Waals surface area contributed by atoms with Crippen molar-refractivity contribution in [1.29, 1.82) is 0 Å². The average Bonchev–Trinajstić information content (AvgIpc) is 2.99. The van der Waals surface area contributed by atoms with Crippen molar-refractivity contribution in [2.45, 2.75) is 6.92 Å². The van der Waals surface area contributed by atoms with Gasteiger partial charge in [0.25, 0.3) is 5.91 Å². The third kappa shape index (κ3) is 4.27. The molecule has 0 aliphatic rings. The summed E-state index contributed by atoms with van der Waals surface area (Å²) >= 11 is 7.59. The van der Waals surface area contributed by atoms with Crippen LogP contribution in [0, 0.1) is 0 Å². The molecule has 6 nitrogen and oxygen atoms in total. The smallest absolute Gasteiger partial charge is 0.308 e. The Bertz CT molecular complexity index is 1050. The van der Waals surface area contributed by atoms with Crippen LogP contribution in [0.2, 0.25) is 5.02 Å². The summed E-state index contributed by atoms with van der Waals surface area (Å²) in [4.78, 5) is 23.8. The van der Waals surface area contributed by atoms with Crippen LogP contribution in [0.1, 0.15) is 22.2 Å². The first-order valence-electron chi connectivity index (χ1n) is 7.86. The fourth-order valence-electron chi connectivity index (χ4n) is 2.38. The van der Waals surface area contributed by atoms with Gasteiger partial charge < -0.3 is 9.47 Å². The van der Waals surface area contributed by atoms with Crippen LogP contribution < -0.4 is 14.9 Å². The molecule has 8 heteroatoms. The summed E-state index contributed by atoms with van der Waals surface area (Å²) in [5.74, 6) is -0.139. The molecule has 0 saturated carbocycles. The number of nitrogens with zero attached hydrogens (tertiary/aromatic N) is 1. The molecule has 0 bridgehead atoms. The second-order valence-corrected chi connectivity index (χ2v) is 6.87. The van der Waals surface area contributed by atoms with Crippen LogP contribution in [-0.2, 0) is 4.79 Å². The van der Waals surface area contributed by atoms with Gasteiger partial charge in [0, 0.05) is 17.0 Å². The lowest BCUT2D eigenvalue weighted by atomic mass is 10.2. The SMILES string of the molecule is COc1cc(/C=N/NC(=O)c2sc3ccccc3c2Cl)ccc1OC(C)=O. The van der Waals surface area contributed by atoms with Crippen molar-refractivity contribution < 1.29 is 19.1 Å². The van der Waals surface area contributed by atoms with Crippen LogP contribution in [0.4, 0.5) is 0 Å². The van der Waals surface area contributed by atoms with Gasteiger partial charge in [-0.25, -0.2) is 5.43 Å². The predicted molar refractivity (Wildman–Crippen MR) is 106 cm³/mol. The second kappa shape index (κ2) is 8.20. The monoisotopic (exact) mass is 402 g/mol. The van der Waals surface area contributed by atoms with Crippen molar-refractivity contribution in [2.75, 3.05) is 7.11 Å². The highest BCUT2D eigenvalue weighted by atomic mass is 35.5. The Kier molecular flexibility index (Phi) is 5.73. The molecule has 1 N–H and O–H groups in total. The first-order chi connectivity index (χ1) is 13.0. The summed E-state index contributed by atoms with van der Waals surface area (Å²) in [5.41, 5.74) is 3.12. The number of carbonyl (C=O) groups excluding carboxylic acids is 2. The number of thiophene rings is 1. The predicted octanol–water partition coefficient (Wildman–Crippen LogP) is 4.25. The Balaban J connectivity index is 1.73. The average molecular weight is 403 g/mol. The summed E-state index contributed by atoms with van der Waals surface area (Å²) in [6, 6.07) is 12.4. The molecular formula is C19H15ClN2O4S. The second-order valence-electron chi connectivity index (χ2n) is 5.44. The molecule has 3 rings (SSSR count). The van der Waals surface area contributed by atoms with E-state index >= 15 is 0 Å². The molecule has 1 heterocycles. The lowest BCUT2D eigenvalue weighted by Gasteiger charge is -2.08. The number of fused-ring (bicyclic) bond motifs is 1. The normalized spacial score (nSPS) is 10.9. The van der Waals surface area contributed by atoms with Gasteiger partial charge in [-0.2, -0.15) is 5.10 Å². The number of hydrogen-bond donors (Lipinski definition) is 1.